The average Bonchev–Trinajstić information content (AvgIpc) is 3.19. The van der Waals surface area contributed by atoms with Crippen molar-refractivity contribution in [1.29, 1.82) is 0 Å². The summed E-state index contributed by atoms with van der Waals surface area (Å²) in [6.07, 6.45) is 0. The number of nitrogens with one attached hydrogen (secondary N) is 1. The number of rotatable bonds is 6. The first-order valence-electron chi connectivity index (χ1n) is 9.67. The smallest absolute Gasteiger partial charge is 0.238 e. The fraction of sp³-hybridized carbons (Fsp3) is 0.125. The fourth-order valence-electron chi connectivity index (χ4n) is 3.10. The van der Waals surface area contributed by atoms with Crippen molar-refractivity contribution < 1.29 is 17.6 Å². The zero-order valence-corrected chi connectivity index (χ0v) is 18.2. The Hall–Kier alpha value is -3.58. The third-order valence-corrected chi connectivity index (χ3v) is 6.47. The van der Waals surface area contributed by atoms with Gasteiger partial charge >= 0.3 is 0 Å². The molecule has 0 amide bonds. The van der Waals surface area contributed by atoms with Crippen molar-refractivity contribution in [1.82, 2.24) is 4.98 Å². The van der Waals surface area contributed by atoms with Gasteiger partial charge in [0.15, 0.2) is 0 Å². The molecule has 0 aliphatic heterocycles. The maximum atomic E-state index is 13.4. The largest absolute Gasteiger partial charge is 0.497 e. The van der Waals surface area contributed by atoms with E-state index in [4.69, 9.17) is 9.15 Å². The highest BCUT2D eigenvalue weighted by molar-refractivity contribution is 7.91. The molecule has 0 saturated carbocycles. The zero-order chi connectivity index (χ0) is 22.0. The monoisotopic (exact) mass is 434 g/mol. The molecule has 0 spiro atoms. The van der Waals surface area contributed by atoms with E-state index in [1.54, 1.807) is 55.6 Å². The van der Waals surface area contributed by atoms with Gasteiger partial charge in [-0.3, -0.25) is 0 Å². The number of aromatic nitrogens is 1. The van der Waals surface area contributed by atoms with Gasteiger partial charge < -0.3 is 14.5 Å². The number of anilines is 2. The molecule has 0 aliphatic carbocycles. The summed E-state index contributed by atoms with van der Waals surface area (Å²) in [4.78, 5) is 4.53. The van der Waals surface area contributed by atoms with Crippen LogP contribution in [0.1, 0.15) is 11.1 Å². The van der Waals surface area contributed by atoms with Gasteiger partial charge in [-0.1, -0.05) is 35.4 Å². The van der Waals surface area contributed by atoms with Crippen LogP contribution in [0, 0.1) is 13.8 Å². The summed E-state index contributed by atoms with van der Waals surface area (Å²) in [5.41, 5.74) is 3.33. The van der Waals surface area contributed by atoms with E-state index in [1.807, 2.05) is 38.1 Å². The summed E-state index contributed by atoms with van der Waals surface area (Å²) in [5, 5.41) is 2.89. The van der Waals surface area contributed by atoms with Crippen molar-refractivity contribution in [2.24, 2.45) is 0 Å². The minimum absolute atomic E-state index is 0.0576. The molecule has 0 bridgehead atoms. The number of benzene rings is 3. The molecule has 31 heavy (non-hydrogen) atoms. The van der Waals surface area contributed by atoms with Gasteiger partial charge in [-0.2, -0.15) is 4.98 Å². The van der Waals surface area contributed by atoms with Gasteiger partial charge in [0, 0.05) is 11.3 Å². The van der Waals surface area contributed by atoms with Crippen LogP contribution < -0.4 is 10.1 Å². The Balaban J connectivity index is 1.82. The van der Waals surface area contributed by atoms with Crippen LogP contribution in [0.4, 0.5) is 11.6 Å². The van der Waals surface area contributed by atoms with Crippen LogP contribution in [0.3, 0.4) is 0 Å². The summed E-state index contributed by atoms with van der Waals surface area (Å²) in [5.74, 6) is 0.976. The first kappa shape index (κ1) is 20.7. The predicted molar refractivity (Wildman–Crippen MR) is 120 cm³/mol. The second kappa shape index (κ2) is 8.28. The number of hydrogen-bond donors (Lipinski definition) is 1. The molecule has 158 valence electrons. The Morgan fingerprint density at radius 1 is 0.903 bits per heavy atom. The van der Waals surface area contributed by atoms with Gasteiger partial charge in [-0.25, -0.2) is 8.42 Å². The third-order valence-electron chi connectivity index (χ3n) is 4.79. The molecule has 7 heteroatoms. The Bertz CT molecular complexity index is 1310. The molecule has 1 N–H and O–H groups in total. The molecule has 4 aromatic rings. The Labute approximate surface area is 181 Å². The molecule has 0 atom stereocenters. The molecule has 1 aromatic heterocycles. The van der Waals surface area contributed by atoms with E-state index in [0.29, 0.717) is 17.0 Å². The van der Waals surface area contributed by atoms with Crippen LogP contribution in [-0.4, -0.2) is 20.5 Å². The SMILES string of the molecule is COc1ccc(Nc2oc(-c3cccc(C)c3)nc2S(=O)(=O)c2ccc(C)cc2)cc1. The highest BCUT2D eigenvalue weighted by atomic mass is 32.2. The summed E-state index contributed by atoms with van der Waals surface area (Å²) in [7, 11) is -2.33. The lowest BCUT2D eigenvalue weighted by Crippen LogP contribution is -2.05. The van der Waals surface area contributed by atoms with Gasteiger partial charge in [-0.15, -0.1) is 0 Å². The van der Waals surface area contributed by atoms with Gasteiger partial charge in [0.2, 0.25) is 26.6 Å². The molecule has 0 fully saturated rings. The van der Waals surface area contributed by atoms with E-state index in [-0.39, 0.29) is 21.7 Å². The standard InChI is InChI=1S/C24H22N2O4S/c1-16-7-13-21(14-8-16)31(27,28)24-23(25-19-9-11-20(29-3)12-10-19)30-22(26-24)18-6-4-5-17(2)15-18/h4-15,25H,1-3H3. The van der Waals surface area contributed by atoms with Gasteiger partial charge in [0.05, 0.1) is 12.0 Å². The summed E-state index contributed by atoms with van der Waals surface area (Å²) in [6, 6.07) is 21.3. The Kier molecular flexibility index (Phi) is 5.52. The lowest BCUT2D eigenvalue weighted by atomic mass is 10.1. The van der Waals surface area contributed by atoms with Crippen LogP contribution in [0.5, 0.6) is 5.75 Å². The van der Waals surface area contributed by atoms with E-state index < -0.39 is 9.84 Å². The van der Waals surface area contributed by atoms with E-state index >= 15 is 0 Å². The molecule has 6 nitrogen and oxygen atoms in total. The Morgan fingerprint density at radius 3 is 2.26 bits per heavy atom. The number of aryl methyl sites for hydroxylation is 2. The minimum Gasteiger partial charge on any atom is -0.497 e. The lowest BCUT2D eigenvalue weighted by Gasteiger charge is -2.07. The number of oxazole rings is 1. The van der Waals surface area contributed by atoms with Crippen molar-refractivity contribution >= 4 is 21.4 Å². The van der Waals surface area contributed by atoms with Crippen molar-refractivity contribution in [3.63, 3.8) is 0 Å². The van der Waals surface area contributed by atoms with Crippen molar-refractivity contribution in [2.45, 2.75) is 23.8 Å². The summed E-state index contributed by atoms with van der Waals surface area (Å²) >= 11 is 0. The Morgan fingerprint density at radius 2 is 1.61 bits per heavy atom. The average molecular weight is 435 g/mol. The molecule has 4 rings (SSSR count). The van der Waals surface area contributed by atoms with Gasteiger partial charge in [0.25, 0.3) is 0 Å². The summed E-state index contributed by atoms with van der Waals surface area (Å²) in [6.45, 7) is 3.85. The second-order valence-electron chi connectivity index (χ2n) is 7.19. The first-order chi connectivity index (χ1) is 14.9. The first-order valence-corrected chi connectivity index (χ1v) is 11.2. The molecule has 3 aromatic carbocycles. The fourth-order valence-corrected chi connectivity index (χ4v) is 4.36. The van der Waals surface area contributed by atoms with Crippen LogP contribution in [0.2, 0.25) is 0 Å². The minimum atomic E-state index is -3.91. The topological polar surface area (TPSA) is 81.4 Å². The van der Waals surface area contributed by atoms with Crippen molar-refractivity contribution in [3.8, 4) is 17.2 Å². The molecular weight excluding hydrogens is 412 g/mol. The van der Waals surface area contributed by atoms with Crippen LogP contribution in [0.15, 0.2) is 87.1 Å². The maximum absolute atomic E-state index is 13.4. The van der Waals surface area contributed by atoms with Crippen LogP contribution >= 0.6 is 0 Å². The van der Waals surface area contributed by atoms with Gasteiger partial charge in [-0.05, 0) is 62.4 Å². The van der Waals surface area contributed by atoms with Crippen LogP contribution in [0.25, 0.3) is 11.5 Å². The normalized spacial score (nSPS) is 11.3. The highest BCUT2D eigenvalue weighted by Crippen LogP contribution is 2.34. The quantitative estimate of drug-likeness (QED) is 0.429. The summed E-state index contributed by atoms with van der Waals surface area (Å²) < 4.78 is 37.9. The molecule has 0 aliphatic rings. The molecule has 0 saturated heterocycles. The highest BCUT2D eigenvalue weighted by Gasteiger charge is 2.28. The van der Waals surface area contributed by atoms with E-state index in [9.17, 15) is 8.42 Å². The van der Waals surface area contributed by atoms with E-state index in [2.05, 4.69) is 10.3 Å². The van der Waals surface area contributed by atoms with E-state index in [1.165, 1.54) is 0 Å². The zero-order valence-electron chi connectivity index (χ0n) is 17.4. The maximum Gasteiger partial charge on any atom is 0.238 e. The molecule has 0 radical (unpaired) electrons. The molecular formula is C24H22N2O4S. The third kappa shape index (κ3) is 4.32. The van der Waals surface area contributed by atoms with Crippen LogP contribution in [-0.2, 0) is 9.84 Å². The molecule has 1 heterocycles. The second-order valence-corrected chi connectivity index (χ2v) is 9.06. The number of sulfone groups is 1. The number of ether oxygens (including phenoxy) is 1. The van der Waals surface area contributed by atoms with Gasteiger partial charge in [0.1, 0.15) is 5.75 Å². The number of nitrogens with zero attached hydrogens (tertiary/aromatic N) is 1. The van der Waals surface area contributed by atoms with Crippen molar-refractivity contribution in [3.05, 3.63) is 83.9 Å². The number of methoxy groups -OCH3 is 1. The van der Waals surface area contributed by atoms with E-state index in [0.717, 1.165) is 11.1 Å². The predicted octanol–water partition coefficient (Wildman–Crippen LogP) is 5.54. The number of hydrogen-bond acceptors (Lipinski definition) is 6. The lowest BCUT2D eigenvalue weighted by molar-refractivity contribution is 0.415. The molecule has 0 unspecified atom stereocenters. The van der Waals surface area contributed by atoms with Crippen molar-refractivity contribution in [2.75, 3.05) is 12.4 Å².